The molecule has 0 aromatic heterocycles. The Balaban J connectivity index is 2.24. The quantitative estimate of drug-likeness (QED) is 0.618. The number of nitrogens with zero attached hydrogens (tertiary/aromatic N) is 1. The van der Waals surface area contributed by atoms with E-state index in [0.29, 0.717) is 13.1 Å². The van der Waals surface area contributed by atoms with Crippen LogP contribution in [0.1, 0.15) is 13.8 Å². The minimum Gasteiger partial charge on any atom is -0.378 e. The Morgan fingerprint density at radius 3 is 2.30 bits per heavy atom. The molecular weight excluding hydrogens is 133 g/mol. The van der Waals surface area contributed by atoms with Gasteiger partial charge in [0.25, 0.3) is 0 Å². The van der Waals surface area contributed by atoms with Crippen molar-refractivity contribution in [2.24, 2.45) is 5.92 Å². The summed E-state index contributed by atoms with van der Waals surface area (Å²) in [5.41, 5.74) is 0. The molecule has 1 aliphatic rings. The van der Waals surface area contributed by atoms with E-state index in [1.54, 1.807) is 4.90 Å². The minimum absolute atomic E-state index is 0.201. The highest BCUT2D eigenvalue weighted by Crippen LogP contribution is 2.17. The molecule has 60 valence electrons. The van der Waals surface area contributed by atoms with Crippen molar-refractivity contribution in [1.82, 2.24) is 4.90 Å². The fourth-order valence-corrected chi connectivity index (χ4v) is 1.09. The standard InChI is InChI=1S/C7H14FNO/c1-5(2)7(10)9-3-6(8)4-9/h5-7,10H,3-4H2,1-2H3. The zero-order valence-corrected chi connectivity index (χ0v) is 6.42. The van der Waals surface area contributed by atoms with Crippen LogP contribution in [0.5, 0.6) is 0 Å². The molecule has 10 heavy (non-hydrogen) atoms. The number of rotatable bonds is 2. The van der Waals surface area contributed by atoms with Gasteiger partial charge in [-0.05, 0) is 5.92 Å². The number of aliphatic hydroxyl groups is 1. The average Bonchev–Trinajstić information content (AvgIpc) is 1.79. The summed E-state index contributed by atoms with van der Waals surface area (Å²) in [5.74, 6) is 0.201. The number of likely N-dealkylation sites (tertiary alicyclic amines) is 1. The molecule has 1 saturated heterocycles. The third-order valence-corrected chi connectivity index (χ3v) is 1.84. The van der Waals surface area contributed by atoms with Crippen molar-refractivity contribution < 1.29 is 9.50 Å². The molecule has 0 saturated carbocycles. The van der Waals surface area contributed by atoms with Gasteiger partial charge in [-0.25, -0.2) is 4.39 Å². The van der Waals surface area contributed by atoms with Gasteiger partial charge in [0.15, 0.2) is 0 Å². The normalized spacial score (nSPS) is 24.9. The lowest BCUT2D eigenvalue weighted by Gasteiger charge is -2.39. The highest BCUT2D eigenvalue weighted by molar-refractivity contribution is 4.81. The summed E-state index contributed by atoms with van der Waals surface area (Å²) < 4.78 is 12.2. The molecule has 1 aliphatic heterocycles. The van der Waals surface area contributed by atoms with Crippen LogP contribution in [0.4, 0.5) is 4.39 Å². The smallest absolute Gasteiger partial charge is 0.126 e. The van der Waals surface area contributed by atoms with Crippen molar-refractivity contribution in [3.63, 3.8) is 0 Å². The molecule has 0 aromatic carbocycles. The van der Waals surface area contributed by atoms with Gasteiger partial charge in [-0.2, -0.15) is 0 Å². The van der Waals surface area contributed by atoms with E-state index in [1.165, 1.54) is 0 Å². The van der Waals surface area contributed by atoms with Crippen LogP contribution in [-0.4, -0.2) is 35.5 Å². The Labute approximate surface area is 60.6 Å². The van der Waals surface area contributed by atoms with Crippen molar-refractivity contribution in [3.05, 3.63) is 0 Å². The second-order valence-corrected chi connectivity index (χ2v) is 3.21. The monoisotopic (exact) mass is 147 g/mol. The molecule has 0 spiro atoms. The van der Waals surface area contributed by atoms with E-state index in [1.807, 2.05) is 13.8 Å². The first-order chi connectivity index (χ1) is 4.61. The lowest BCUT2D eigenvalue weighted by atomic mass is 10.1. The highest BCUT2D eigenvalue weighted by Gasteiger charge is 2.32. The van der Waals surface area contributed by atoms with Crippen molar-refractivity contribution in [2.45, 2.75) is 26.2 Å². The number of aliphatic hydroxyl groups excluding tert-OH is 1. The van der Waals surface area contributed by atoms with Crippen molar-refractivity contribution >= 4 is 0 Å². The SMILES string of the molecule is CC(C)C(O)N1CC(F)C1. The first kappa shape index (κ1) is 7.95. The Bertz CT molecular complexity index is 112. The van der Waals surface area contributed by atoms with E-state index >= 15 is 0 Å². The third kappa shape index (κ3) is 1.47. The molecule has 0 aromatic rings. The van der Waals surface area contributed by atoms with Gasteiger partial charge in [-0.1, -0.05) is 13.8 Å². The molecule has 0 radical (unpaired) electrons. The van der Waals surface area contributed by atoms with Gasteiger partial charge in [0.05, 0.1) is 0 Å². The predicted octanol–water partition coefficient (Wildman–Crippen LogP) is 0.615. The summed E-state index contributed by atoms with van der Waals surface area (Å²) in [4.78, 5) is 1.75. The van der Waals surface area contributed by atoms with Crippen LogP contribution in [0.25, 0.3) is 0 Å². The number of hydrogen-bond acceptors (Lipinski definition) is 2. The molecule has 1 N–H and O–H groups in total. The summed E-state index contributed by atoms with van der Waals surface area (Å²) in [6.07, 6.45) is -1.17. The molecule has 1 rings (SSSR count). The molecule has 3 heteroatoms. The van der Waals surface area contributed by atoms with Crippen LogP contribution in [-0.2, 0) is 0 Å². The van der Waals surface area contributed by atoms with Gasteiger partial charge in [-0.3, -0.25) is 4.90 Å². The van der Waals surface area contributed by atoms with Crippen LogP contribution in [0.15, 0.2) is 0 Å². The Morgan fingerprint density at radius 1 is 1.50 bits per heavy atom. The van der Waals surface area contributed by atoms with E-state index in [4.69, 9.17) is 0 Å². The molecule has 0 bridgehead atoms. The van der Waals surface area contributed by atoms with E-state index in [-0.39, 0.29) is 5.92 Å². The van der Waals surface area contributed by atoms with Crippen LogP contribution in [0, 0.1) is 5.92 Å². The van der Waals surface area contributed by atoms with Crippen molar-refractivity contribution in [3.8, 4) is 0 Å². The van der Waals surface area contributed by atoms with Crippen LogP contribution in [0.3, 0.4) is 0 Å². The summed E-state index contributed by atoms with van der Waals surface area (Å²) in [6.45, 7) is 4.66. The first-order valence-corrected chi connectivity index (χ1v) is 3.67. The minimum atomic E-state index is -0.714. The van der Waals surface area contributed by atoms with E-state index < -0.39 is 12.4 Å². The molecule has 1 unspecified atom stereocenters. The van der Waals surface area contributed by atoms with E-state index in [0.717, 1.165) is 0 Å². The number of hydrogen-bond donors (Lipinski definition) is 1. The Hall–Kier alpha value is -0.150. The zero-order valence-electron chi connectivity index (χ0n) is 6.42. The molecule has 1 atom stereocenters. The zero-order chi connectivity index (χ0) is 7.72. The second-order valence-electron chi connectivity index (χ2n) is 3.21. The van der Waals surface area contributed by atoms with Gasteiger partial charge in [0.1, 0.15) is 12.4 Å². The van der Waals surface area contributed by atoms with Crippen molar-refractivity contribution in [2.75, 3.05) is 13.1 Å². The maximum absolute atomic E-state index is 12.2. The van der Waals surface area contributed by atoms with Crippen LogP contribution < -0.4 is 0 Å². The second kappa shape index (κ2) is 2.84. The lowest BCUT2D eigenvalue weighted by molar-refractivity contribution is -0.0952. The van der Waals surface area contributed by atoms with Gasteiger partial charge in [-0.15, -0.1) is 0 Å². The fourth-order valence-electron chi connectivity index (χ4n) is 1.09. The highest BCUT2D eigenvalue weighted by atomic mass is 19.1. The van der Waals surface area contributed by atoms with E-state index in [2.05, 4.69) is 0 Å². The fraction of sp³-hybridized carbons (Fsp3) is 1.00. The lowest BCUT2D eigenvalue weighted by Crippen LogP contribution is -2.55. The largest absolute Gasteiger partial charge is 0.378 e. The Kier molecular flexibility index (Phi) is 2.26. The third-order valence-electron chi connectivity index (χ3n) is 1.84. The number of halogens is 1. The van der Waals surface area contributed by atoms with Gasteiger partial charge in [0, 0.05) is 13.1 Å². The average molecular weight is 147 g/mol. The first-order valence-electron chi connectivity index (χ1n) is 3.67. The molecule has 1 heterocycles. The molecule has 0 aliphatic carbocycles. The van der Waals surface area contributed by atoms with Gasteiger partial charge < -0.3 is 5.11 Å². The van der Waals surface area contributed by atoms with Gasteiger partial charge >= 0.3 is 0 Å². The van der Waals surface area contributed by atoms with E-state index in [9.17, 15) is 9.50 Å². The summed E-state index contributed by atoms with van der Waals surface area (Å²) in [7, 11) is 0. The predicted molar refractivity (Wildman–Crippen MR) is 37.3 cm³/mol. The van der Waals surface area contributed by atoms with Crippen LogP contribution in [0.2, 0.25) is 0 Å². The summed E-state index contributed by atoms with van der Waals surface area (Å²) in [5, 5.41) is 9.32. The molecule has 2 nitrogen and oxygen atoms in total. The van der Waals surface area contributed by atoms with Gasteiger partial charge in [0.2, 0.25) is 0 Å². The summed E-state index contributed by atoms with van der Waals surface area (Å²) >= 11 is 0. The molecule has 0 amide bonds. The Morgan fingerprint density at radius 2 is 2.00 bits per heavy atom. The van der Waals surface area contributed by atoms with Crippen molar-refractivity contribution in [1.29, 1.82) is 0 Å². The summed E-state index contributed by atoms with van der Waals surface area (Å²) in [6, 6.07) is 0. The number of alkyl halides is 1. The topological polar surface area (TPSA) is 23.5 Å². The molecular formula is C7H14FNO. The maximum atomic E-state index is 12.2. The molecule has 1 fully saturated rings. The van der Waals surface area contributed by atoms with Crippen LogP contribution >= 0.6 is 0 Å². The maximum Gasteiger partial charge on any atom is 0.126 e.